The molecular formula is H4CuNO4S+. The van der Waals surface area contributed by atoms with E-state index in [0.29, 0.717) is 0 Å². The molecule has 1 radical (unpaired) electrons. The van der Waals surface area contributed by atoms with E-state index in [1.165, 1.54) is 0 Å². The fraction of sp³-hybridized carbons (Fsp3) is 0. The molecule has 0 saturated heterocycles. The molecule has 0 aromatic carbocycles. The van der Waals surface area contributed by atoms with Crippen LogP contribution in [0.3, 0.4) is 0 Å². The first-order valence-electron chi connectivity index (χ1n) is 0.667. The Kier molecular flexibility index (Phi) is 10.1. The van der Waals surface area contributed by atoms with Crippen molar-refractivity contribution in [3.63, 3.8) is 0 Å². The van der Waals surface area contributed by atoms with Gasteiger partial charge in [-0.05, 0) is 0 Å². The zero-order valence-electron chi connectivity index (χ0n) is 3.34. The normalized spacial score (nSPS) is 8.29. The van der Waals surface area contributed by atoms with Gasteiger partial charge >= 0.3 is 17.1 Å². The van der Waals surface area contributed by atoms with Crippen molar-refractivity contribution in [2.75, 3.05) is 0 Å². The van der Waals surface area contributed by atoms with Gasteiger partial charge in [-0.25, -0.2) is 0 Å². The van der Waals surface area contributed by atoms with E-state index in [0.717, 1.165) is 0 Å². The summed E-state index contributed by atoms with van der Waals surface area (Å²) in [7, 11) is -5.17. The van der Waals surface area contributed by atoms with Gasteiger partial charge in [-0.15, -0.1) is 0 Å². The average Bonchev–Trinajstić information content (AvgIpc) is 0.722. The first-order valence-corrected chi connectivity index (χ1v) is 2.00. The Morgan fingerprint density at radius 2 is 1.14 bits per heavy atom. The van der Waals surface area contributed by atoms with Crippen LogP contribution in [-0.2, 0) is 27.5 Å². The zero-order valence-corrected chi connectivity index (χ0v) is 5.10. The van der Waals surface area contributed by atoms with Crippen molar-refractivity contribution in [2.45, 2.75) is 0 Å². The Morgan fingerprint density at radius 3 is 1.14 bits per heavy atom. The van der Waals surface area contributed by atoms with Crippen LogP contribution in [0.2, 0.25) is 0 Å². The van der Waals surface area contributed by atoms with E-state index in [2.05, 4.69) is 0 Å². The van der Waals surface area contributed by atoms with Gasteiger partial charge < -0.3 is 15.3 Å². The summed E-state index contributed by atoms with van der Waals surface area (Å²) >= 11 is 0. The van der Waals surface area contributed by atoms with Crippen molar-refractivity contribution < 1.29 is 34.6 Å². The molecule has 0 fully saturated rings. The molecule has 0 bridgehead atoms. The molecule has 0 aliphatic carbocycles. The first kappa shape index (κ1) is 15.7. The van der Waals surface area contributed by atoms with Gasteiger partial charge in [0.1, 0.15) is 0 Å². The molecule has 49 valence electrons. The van der Waals surface area contributed by atoms with Crippen LogP contribution < -0.4 is 6.15 Å². The third-order valence-corrected chi connectivity index (χ3v) is 0. The van der Waals surface area contributed by atoms with Crippen molar-refractivity contribution in [1.29, 1.82) is 0 Å². The summed E-state index contributed by atoms with van der Waals surface area (Å²) in [5, 5.41) is 0. The predicted octanol–water partition coefficient (Wildman–Crippen LogP) is -0.964. The molecule has 0 unspecified atom stereocenters. The average molecular weight is 178 g/mol. The SMILES string of the molecule is O=S(=O)([O-])[O-].[Cu+2].[NH4+]. The van der Waals surface area contributed by atoms with Gasteiger partial charge in [-0.1, -0.05) is 0 Å². The van der Waals surface area contributed by atoms with E-state index in [4.69, 9.17) is 17.5 Å². The minimum atomic E-state index is -5.17. The molecule has 0 saturated carbocycles. The summed E-state index contributed by atoms with van der Waals surface area (Å²) in [6.07, 6.45) is 0. The maximum absolute atomic E-state index is 8.52. The molecule has 4 N–H and O–H groups in total. The maximum atomic E-state index is 8.52. The van der Waals surface area contributed by atoms with E-state index in [1.54, 1.807) is 0 Å². The van der Waals surface area contributed by atoms with Crippen LogP contribution in [0.15, 0.2) is 0 Å². The van der Waals surface area contributed by atoms with E-state index in [-0.39, 0.29) is 23.2 Å². The van der Waals surface area contributed by atoms with Crippen molar-refractivity contribution in [1.82, 2.24) is 6.15 Å². The summed E-state index contributed by atoms with van der Waals surface area (Å²) in [6, 6.07) is 0. The van der Waals surface area contributed by atoms with Crippen LogP contribution in [-0.4, -0.2) is 17.5 Å². The standard InChI is InChI=1S/Cu.H3N.H2O4S/c;;1-5(2,3)4/h;1H3;(H2,1,2,3,4)/q+2;;/p-1. The van der Waals surface area contributed by atoms with Gasteiger partial charge in [0.25, 0.3) is 0 Å². The summed E-state index contributed by atoms with van der Waals surface area (Å²) in [6.45, 7) is 0. The molecule has 5 nitrogen and oxygen atoms in total. The Hall–Kier alpha value is 0.349. The fourth-order valence-electron chi connectivity index (χ4n) is 0. The van der Waals surface area contributed by atoms with Gasteiger partial charge in [0.05, 0.1) is 0 Å². The number of hydrogen-bond acceptors (Lipinski definition) is 4. The summed E-state index contributed by atoms with van der Waals surface area (Å²) in [5.74, 6) is 0. The molecule has 0 aliphatic heterocycles. The molecule has 0 heterocycles. The maximum Gasteiger partial charge on any atom is 2.00 e. The summed E-state index contributed by atoms with van der Waals surface area (Å²) in [4.78, 5) is 0. The van der Waals surface area contributed by atoms with E-state index in [9.17, 15) is 0 Å². The van der Waals surface area contributed by atoms with Gasteiger partial charge in [0, 0.05) is 10.4 Å². The second-order valence-electron chi connectivity index (χ2n) is 0.408. The smallest absolute Gasteiger partial charge is 0.759 e. The summed E-state index contributed by atoms with van der Waals surface area (Å²) < 4.78 is 34.1. The minimum absolute atomic E-state index is 0. The first-order chi connectivity index (χ1) is 2.00. The second-order valence-corrected chi connectivity index (χ2v) is 1.22. The molecule has 0 spiro atoms. The van der Waals surface area contributed by atoms with Gasteiger partial charge in [-0.3, -0.25) is 8.42 Å². The molecular weight excluding hydrogens is 174 g/mol. The van der Waals surface area contributed by atoms with Crippen molar-refractivity contribution >= 4 is 10.4 Å². The Bertz CT molecular complexity index is 94.9. The van der Waals surface area contributed by atoms with Crippen LogP contribution in [0.4, 0.5) is 0 Å². The quantitative estimate of drug-likeness (QED) is 0.291. The largest absolute Gasteiger partial charge is 2.00 e. The monoisotopic (exact) mass is 177 g/mol. The van der Waals surface area contributed by atoms with E-state index < -0.39 is 10.4 Å². The van der Waals surface area contributed by atoms with Crippen LogP contribution in [0, 0.1) is 0 Å². The third-order valence-electron chi connectivity index (χ3n) is 0. The molecule has 0 aromatic heterocycles. The molecule has 0 rings (SSSR count). The van der Waals surface area contributed by atoms with Crippen molar-refractivity contribution in [2.24, 2.45) is 0 Å². The van der Waals surface area contributed by atoms with Crippen molar-refractivity contribution in [3.8, 4) is 0 Å². The predicted molar refractivity (Wildman–Crippen MR) is 16.5 cm³/mol. The molecule has 7 heteroatoms. The molecule has 0 atom stereocenters. The number of rotatable bonds is 0. The molecule has 0 aromatic rings. The Labute approximate surface area is 51.7 Å². The molecule has 0 aliphatic rings. The number of hydrogen-bond donors (Lipinski definition) is 1. The fourth-order valence-corrected chi connectivity index (χ4v) is 0. The van der Waals surface area contributed by atoms with Gasteiger partial charge in [0.2, 0.25) is 0 Å². The Morgan fingerprint density at radius 1 is 1.14 bits per heavy atom. The Balaban J connectivity index is -0.0000000800. The number of quaternary nitrogens is 1. The van der Waals surface area contributed by atoms with Gasteiger partial charge in [0.15, 0.2) is 0 Å². The zero-order chi connectivity index (χ0) is 4.50. The summed E-state index contributed by atoms with van der Waals surface area (Å²) in [5.41, 5.74) is 0. The molecule has 0 amide bonds. The van der Waals surface area contributed by atoms with Crippen molar-refractivity contribution in [3.05, 3.63) is 0 Å². The van der Waals surface area contributed by atoms with Crippen LogP contribution in [0.1, 0.15) is 0 Å². The topological polar surface area (TPSA) is 117 Å². The molecule has 7 heavy (non-hydrogen) atoms. The third kappa shape index (κ3) is 983. The van der Waals surface area contributed by atoms with E-state index in [1.807, 2.05) is 0 Å². The van der Waals surface area contributed by atoms with Crippen LogP contribution in [0.25, 0.3) is 0 Å². The van der Waals surface area contributed by atoms with Crippen LogP contribution in [0.5, 0.6) is 0 Å². The van der Waals surface area contributed by atoms with Gasteiger partial charge in [-0.2, -0.15) is 0 Å². The second kappa shape index (κ2) is 4.51. The minimum Gasteiger partial charge on any atom is -0.759 e. The van der Waals surface area contributed by atoms with E-state index >= 15 is 0 Å². The van der Waals surface area contributed by atoms with Crippen LogP contribution >= 0.6 is 0 Å².